The van der Waals surface area contributed by atoms with Crippen molar-refractivity contribution < 1.29 is 18.8 Å². The highest BCUT2D eigenvalue weighted by atomic mass is 19.1. The Morgan fingerprint density at radius 3 is 2.71 bits per heavy atom. The Balaban J connectivity index is 1.34. The third kappa shape index (κ3) is 4.68. The number of carbonyl (C=O) groups is 3. The van der Waals surface area contributed by atoms with E-state index in [1.54, 1.807) is 4.90 Å². The van der Waals surface area contributed by atoms with E-state index in [9.17, 15) is 18.8 Å². The number of rotatable bonds is 4. The zero-order valence-electron chi connectivity index (χ0n) is 19.4. The molecule has 3 aliphatic carbocycles. The summed E-state index contributed by atoms with van der Waals surface area (Å²) >= 11 is 0. The molecule has 0 aromatic rings. The minimum absolute atomic E-state index is 0.0183. The van der Waals surface area contributed by atoms with Crippen LogP contribution in [0.2, 0.25) is 0 Å². The Labute approximate surface area is 185 Å². The van der Waals surface area contributed by atoms with Gasteiger partial charge < -0.3 is 10.2 Å². The summed E-state index contributed by atoms with van der Waals surface area (Å²) in [5.41, 5.74) is -0.226. The van der Waals surface area contributed by atoms with Crippen LogP contribution in [0, 0.1) is 28.6 Å². The third-order valence-corrected chi connectivity index (χ3v) is 8.54. The lowest BCUT2D eigenvalue weighted by Gasteiger charge is -2.40. The number of hydrogen-bond donors (Lipinski definition) is 1. The van der Waals surface area contributed by atoms with E-state index >= 15 is 0 Å². The smallest absolute Gasteiger partial charge is 0.229 e. The van der Waals surface area contributed by atoms with Crippen LogP contribution < -0.4 is 5.32 Å². The molecule has 1 heterocycles. The lowest BCUT2D eigenvalue weighted by Crippen LogP contribution is -2.49. The number of amides is 2. The number of nitrogens with one attached hydrogen (secondary N) is 1. The Bertz CT molecular complexity index is 738. The van der Waals surface area contributed by atoms with E-state index in [-0.39, 0.29) is 42.0 Å². The second kappa shape index (κ2) is 8.47. The number of likely N-dealkylation sites (tertiary alicyclic amines) is 1. The van der Waals surface area contributed by atoms with Crippen LogP contribution in [0.3, 0.4) is 0 Å². The fourth-order valence-electron chi connectivity index (χ4n) is 7.51. The Morgan fingerprint density at radius 2 is 1.97 bits per heavy atom. The number of hydrogen-bond acceptors (Lipinski definition) is 3. The first-order valence-electron chi connectivity index (χ1n) is 12.3. The highest BCUT2D eigenvalue weighted by Crippen LogP contribution is 2.53. The molecule has 0 bridgehead atoms. The maximum Gasteiger partial charge on any atom is 0.229 e. The quantitative estimate of drug-likeness (QED) is 0.726. The maximum atomic E-state index is 14.8. The van der Waals surface area contributed by atoms with Crippen LogP contribution in [-0.2, 0) is 14.4 Å². The van der Waals surface area contributed by atoms with Crippen molar-refractivity contribution in [3.8, 4) is 0 Å². The van der Waals surface area contributed by atoms with Gasteiger partial charge in [0.05, 0.1) is 18.0 Å². The van der Waals surface area contributed by atoms with E-state index in [0.717, 1.165) is 32.1 Å². The topological polar surface area (TPSA) is 66.5 Å². The summed E-state index contributed by atoms with van der Waals surface area (Å²) in [6, 6.07) is -0.619. The highest BCUT2D eigenvalue weighted by molar-refractivity contribution is 5.88. The van der Waals surface area contributed by atoms with Crippen molar-refractivity contribution in [2.24, 2.45) is 28.6 Å². The lowest BCUT2D eigenvalue weighted by atomic mass is 9.67. The van der Waals surface area contributed by atoms with Crippen molar-refractivity contribution in [2.75, 3.05) is 13.1 Å². The van der Waals surface area contributed by atoms with Gasteiger partial charge >= 0.3 is 0 Å². The summed E-state index contributed by atoms with van der Waals surface area (Å²) in [4.78, 5) is 39.7. The van der Waals surface area contributed by atoms with Crippen LogP contribution in [-0.4, -0.2) is 47.8 Å². The van der Waals surface area contributed by atoms with E-state index in [4.69, 9.17) is 0 Å². The van der Waals surface area contributed by atoms with Gasteiger partial charge in [-0.2, -0.15) is 0 Å². The van der Waals surface area contributed by atoms with Gasteiger partial charge in [-0.25, -0.2) is 4.39 Å². The van der Waals surface area contributed by atoms with Gasteiger partial charge in [0.2, 0.25) is 11.8 Å². The van der Waals surface area contributed by atoms with Crippen LogP contribution in [0.15, 0.2) is 0 Å². The average Bonchev–Trinajstić information content (AvgIpc) is 3.23. The lowest BCUT2D eigenvalue weighted by molar-refractivity contribution is -0.147. The molecule has 5 nitrogen and oxygen atoms in total. The molecule has 4 rings (SSSR count). The van der Waals surface area contributed by atoms with Crippen molar-refractivity contribution in [3.05, 3.63) is 0 Å². The molecule has 3 saturated carbocycles. The molecule has 6 heteroatoms. The van der Waals surface area contributed by atoms with Gasteiger partial charge in [-0.15, -0.1) is 0 Å². The molecule has 4 fully saturated rings. The summed E-state index contributed by atoms with van der Waals surface area (Å²) in [6.45, 7) is 7.08. The van der Waals surface area contributed by atoms with Crippen molar-refractivity contribution in [3.63, 3.8) is 0 Å². The monoisotopic (exact) mass is 434 g/mol. The molecule has 0 aromatic carbocycles. The fourth-order valence-corrected chi connectivity index (χ4v) is 7.51. The molecule has 174 valence electrons. The molecule has 31 heavy (non-hydrogen) atoms. The molecule has 4 unspecified atom stereocenters. The predicted molar refractivity (Wildman–Crippen MR) is 117 cm³/mol. The highest BCUT2D eigenvalue weighted by Gasteiger charge is 2.54. The molecule has 6 atom stereocenters. The van der Waals surface area contributed by atoms with Crippen LogP contribution in [0.1, 0.15) is 85.0 Å². The second-order valence-electron chi connectivity index (χ2n) is 11.9. The molecule has 1 N–H and O–H groups in total. The third-order valence-electron chi connectivity index (χ3n) is 8.54. The number of carbonyl (C=O) groups excluding carboxylic acids is 3. The number of halogens is 1. The van der Waals surface area contributed by atoms with Crippen molar-refractivity contribution in [1.29, 1.82) is 0 Å². The van der Waals surface area contributed by atoms with Crippen molar-refractivity contribution in [2.45, 2.75) is 97.2 Å². The molecule has 1 aliphatic heterocycles. The zero-order valence-corrected chi connectivity index (χ0v) is 19.4. The zero-order chi connectivity index (χ0) is 22.4. The molecular weight excluding hydrogens is 395 g/mol. The van der Waals surface area contributed by atoms with Gasteiger partial charge in [-0.05, 0) is 61.7 Å². The van der Waals surface area contributed by atoms with E-state index < -0.39 is 17.6 Å². The van der Waals surface area contributed by atoms with E-state index in [1.165, 1.54) is 6.42 Å². The Hall–Kier alpha value is -1.46. The molecule has 0 spiro atoms. The van der Waals surface area contributed by atoms with E-state index in [2.05, 4.69) is 26.1 Å². The van der Waals surface area contributed by atoms with Gasteiger partial charge in [0.15, 0.2) is 0 Å². The summed E-state index contributed by atoms with van der Waals surface area (Å²) < 4.78 is 14.8. The van der Waals surface area contributed by atoms with Crippen LogP contribution in [0.4, 0.5) is 4.39 Å². The molecule has 2 amide bonds. The summed E-state index contributed by atoms with van der Waals surface area (Å²) in [6.07, 6.45) is 6.74. The first-order valence-corrected chi connectivity index (χ1v) is 12.3. The second-order valence-corrected chi connectivity index (χ2v) is 11.9. The Morgan fingerprint density at radius 1 is 1.19 bits per heavy atom. The molecule has 0 radical (unpaired) electrons. The standard InChI is InChI=1S/C25H39FN2O3/c1-16-9-17(13-24(2,3)12-16)10-22(30)27-21-15-28(14-20(21)26)23(31)25-7-4-5-18(25)11-19(29)6-8-25/h16-18,20-21H,4-15H2,1-3H3,(H,27,30)/t16?,17?,18?,20-,21+,25?/m0/s1. The number of nitrogens with zero attached hydrogens (tertiary/aromatic N) is 1. The summed E-state index contributed by atoms with van der Waals surface area (Å²) in [5.74, 6) is 1.25. The fraction of sp³-hybridized carbons (Fsp3) is 0.880. The molecule has 4 aliphatic rings. The minimum atomic E-state index is -1.23. The predicted octanol–water partition coefficient (Wildman–Crippen LogP) is 4.04. The number of ketones is 1. The average molecular weight is 435 g/mol. The van der Waals surface area contributed by atoms with Crippen LogP contribution in [0.5, 0.6) is 0 Å². The minimum Gasteiger partial charge on any atom is -0.349 e. The molecular formula is C25H39FN2O3. The number of fused-ring (bicyclic) bond motifs is 1. The van der Waals surface area contributed by atoms with Crippen LogP contribution >= 0.6 is 0 Å². The number of Topliss-reactive ketones (excluding diaryl/α,β-unsaturated/α-hetero) is 1. The van der Waals surface area contributed by atoms with Crippen molar-refractivity contribution in [1.82, 2.24) is 10.2 Å². The first-order chi connectivity index (χ1) is 14.6. The largest absolute Gasteiger partial charge is 0.349 e. The molecule has 1 saturated heterocycles. The van der Waals surface area contributed by atoms with Gasteiger partial charge in [-0.3, -0.25) is 14.4 Å². The van der Waals surface area contributed by atoms with Gasteiger partial charge in [0.25, 0.3) is 0 Å². The normalized spacial score (nSPS) is 39.9. The summed E-state index contributed by atoms with van der Waals surface area (Å²) in [7, 11) is 0. The maximum absolute atomic E-state index is 14.8. The van der Waals surface area contributed by atoms with Gasteiger partial charge in [0.1, 0.15) is 12.0 Å². The number of alkyl halides is 1. The van der Waals surface area contributed by atoms with E-state index in [1.807, 2.05) is 0 Å². The van der Waals surface area contributed by atoms with Crippen molar-refractivity contribution >= 4 is 17.6 Å². The SMILES string of the molecule is CC1CC(CC(=O)N[C@@H]2CN(C(=O)C34CCCC3CC(=O)CC4)C[C@@H]2F)CC(C)(C)C1. The summed E-state index contributed by atoms with van der Waals surface area (Å²) in [5, 5.41) is 2.91. The first kappa shape index (κ1) is 22.7. The molecule has 0 aromatic heterocycles. The van der Waals surface area contributed by atoms with Crippen LogP contribution in [0.25, 0.3) is 0 Å². The van der Waals surface area contributed by atoms with Gasteiger partial charge in [-0.1, -0.05) is 27.2 Å². The van der Waals surface area contributed by atoms with E-state index in [0.29, 0.717) is 37.5 Å². The Kier molecular flexibility index (Phi) is 6.21. The van der Waals surface area contributed by atoms with Gasteiger partial charge in [0, 0.05) is 25.8 Å².